The second kappa shape index (κ2) is 9.82. The van der Waals surface area contributed by atoms with Crippen LogP contribution in [0.5, 0.6) is 0 Å². The quantitative estimate of drug-likeness (QED) is 0.612. The van der Waals surface area contributed by atoms with Crippen LogP contribution in [-0.4, -0.2) is 48.2 Å². The van der Waals surface area contributed by atoms with Crippen molar-refractivity contribution in [2.45, 2.75) is 25.9 Å². The minimum atomic E-state index is -4.47. The lowest BCUT2D eigenvalue weighted by atomic mass is 10.1. The largest absolute Gasteiger partial charge is 0.419 e. The zero-order valence-electron chi connectivity index (χ0n) is 19.0. The summed E-state index contributed by atoms with van der Waals surface area (Å²) in [6.07, 6.45) is 3.08. The van der Waals surface area contributed by atoms with Crippen LogP contribution < -0.4 is 15.1 Å². The number of allylic oxidation sites excluding steroid dienone is 6. The summed E-state index contributed by atoms with van der Waals surface area (Å²) in [5, 5.41) is 2.97. The van der Waals surface area contributed by atoms with Gasteiger partial charge in [-0.25, -0.2) is 14.4 Å². The Morgan fingerprint density at radius 1 is 1.06 bits per heavy atom. The van der Waals surface area contributed by atoms with Gasteiger partial charge in [-0.15, -0.1) is 0 Å². The van der Waals surface area contributed by atoms with E-state index < -0.39 is 11.7 Å². The van der Waals surface area contributed by atoms with Crippen LogP contribution in [0.3, 0.4) is 0 Å². The zero-order chi connectivity index (χ0) is 24.3. The van der Waals surface area contributed by atoms with Gasteiger partial charge in [0.15, 0.2) is 0 Å². The lowest BCUT2D eigenvalue weighted by Gasteiger charge is -2.26. The van der Waals surface area contributed by atoms with E-state index in [0.29, 0.717) is 62.1 Å². The Bertz CT molecular complexity index is 1140. The fourth-order valence-corrected chi connectivity index (χ4v) is 4.09. The van der Waals surface area contributed by atoms with Crippen molar-refractivity contribution in [1.29, 1.82) is 0 Å². The number of hydrogen-bond donors (Lipinski definition) is 1. The van der Waals surface area contributed by atoms with Crippen molar-refractivity contribution < 1.29 is 17.6 Å². The number of rotatable bonds is 4. The molecule has 0 radical (unpaired) electrons. The van der Waals surface area contributed by atoms with E-state index in [1.165, 1.54) is 18.3 Å². The van der Waals surface area contributed by atoms with E-state index >= 15 is 0 Å². The molecular formula is C24H26F4N6. The number of alkyl halides is 3. The first kappa shape index (κ1) is 23.7. The van der Waals surface area contributed by atoms with Crippen molar-refractivity contribution in [3.05, 3.63) is 65.3 Å². The number of pyridine rings is 1. The summed E-state index contributed by atoms with van der Waals surface area (Å²) >= 11 is 0. The van der Waals surface area contributed by atoms with Gasteiger partial charge in [0.2, 0.25) is 5.95 Å². The molecule has 1 aliphatic carbocycles. The average molecular weight is 475 g/mol. The second-order valence-corrected chi connectivity index (χ2v) is 8.19. The Morgan fingerprint density at radius 2 is 1.82 bits per heavy atom. The smallest absolute Gasteiger partial charge is 0.357 e. The summed E-state index contributed by atoms with van der Waals surface area (Å²) in [4.78, 5) is 16.9. The molecule has 2 aromatic heterocycles. The topological polar surface area (TPSA) is 57.2 Å². The monoisotopic (exact) mass is 474 g/mol. The van der Waals surface area contributed by atoms with Gasteiger partial charge in [0.1, 0.15) is 17.5 Å². The van der Waals surface area contributed by atoms with Gasteiger partial charge in [0.05, 0.1) is 11.3 Å². The van der Waals surface area contributed by atoms with Crippen LogP contribution in [0.1, 0.15) is 31.0 Å². The molecule has 1 saturated heterocycles. The Balaban J connectivity index is 1.60. The molecule has 0 spiro atoms. The molecule has 34 heavy (non-hydrogen) atoms. The van der Waals surface area contributed by atoms with Crippen LogP contribution in [0.25, 0.3) is 5.57 Å². The van der Waals surface area contributed by atoms with E-state index in [2.05, 4.69) is 20.3 Å². The van der Waals surface area contributed by atoms with Crippen LogP contribution in [0, 0.1) is 0 Å². The van der Waals surface area contributed by atoms with Crippen molar-refractivity contribution in [3.63, 3.8) is 0 Å². The van der Waals surface area contributed by atoms with Gasteiger partial charge in [-0.2, -0.15) is 18.2 Å². The number of nitrogens with zero attached hydrogens (tertiary/aromatic N) is 5. The van der Waals surface area contributed by atoms with E-state index in [9.17, 15) is 17.6 Å². The molecule has 3 heterocycles. The maximum atomic E-state index is 14.0. The van der Waals surface area contributed by atoms with Crippen molar-refractivity contribution in [3.8, 4) is 0 Å². The molecule has 0 bridgehead atoms. The normalized spacial score (nSPS) is 17.4. The lowest BCUT2D eigenvalue weighted by molar-refractivity contribution is -0.137. The van der Waals surface area contributed by atoms with Crippen molar-refractivity contribution in [1.82, 2.24) is 15.0 Å². The number of anilines is 3. The molecule has 0 amide bonds. The van der Waals surface area contributed by atoms with Crippen LogP contribution >= 0.6 is 0 Å². The van der Waals surface area contributed by atoms with Gasteiger partial charge in [0, 0.05) is 45.5 Å². The third kappa shape index (κ3) is 5.21. The van der Waals surface area contributed by atoms with E-state index in [4.69, 9.17) is 0 Å². The van der Waals surface area contributed by atoms with E-state index in [0.717, 1.165) is 11.6 Å². The van der Waals surface area contributed by atoms with Crippen LogP contribution in [-0.2, 0) is 6.18 Å². The Morgan fingerprint density at radius 3 is 2.59 bits per heavy atom. The van der Waals surface area contributed by atoms with E-state index in [1.807, 2.05) is 11.0 Å². The highest BCUT2D eigenvalue weighted by Crippen LogP contribution is 2.35. The highest BCUT2D eigenvalue weighted by molar-refractivity contribution is 5.71. The Hall–Kier alpha value is -3.43. The molecule has 6 nitrogen and oxygen atoms in total. The summed E-state index contributed by atoms with van der Waals surface area (Å²) in [5.41, 5.74) is 1.34. The molecule has 10 heteroatoms. The van der Waals surface area contributed by atoms with Gasteiger partial charge in [0.25, 0.3) is 0 Å². The maximum Gasteiger partial charge on any atom is 0.419 e. The second-order valence-electron chi connectivity index (χ2n) is 8.19. The fraction of sp³-hybridized carbons (Fsp3) is 0.375. The molecule has 180 valence electrons. The summed E-state index contributed by atoms with van der Waals surface area (Å²) in [6, 6.07) is 4.22. The summed E-state index contributed by atoms with van der Waals surface area (Å²) < 4.78 is 54.5. The standard InChI is InChI=1S/C24H26F4N6/c1-16-14-17(6-3-8-19(16)25)20-15-21(32-23(29-2)31-20)33-10-5-11-34(13-12-33)22-18(24(26,27)28)7-4-9-30-22/h3-4,7-9,14-15H,5-6,10-13H2,1-2H3,(H,29,31,32). The average Bonchev–Trinajstić information content (AvgIpc) is 3.17. The number of nitrogens with one attached hydrogen (secondary N) is 1. The number of hydrogen-bond acceptors (Lipinski definition) is 6. The first-order valence-corrected chi connectivity index (χ1v) is 11.1. The van der Waals surface area contributed by atoms with Crippen molar-refractivity contribution >= 4 is 23.2 Å². The minimum Gasteiger partial charge on any atom is -0.357 e. The first-order valence-electron chi connectivity index (χ1n) is 11.1. The lowest BCUT2D eigenvalue weighted by Crippen LogP contribution is -2.33. The molecule has 0 saturated carbocycles. The molecule has 0 atom stereocenters. The van der Waals surface area contributed by atoms with E-state index in [-0.39, 0.29) is 11.6 Å². The molecule has 2 aromatic rings. The maximum absolute atomic E-state index is 14.0. The molecule has 0 unspecified atom stereocenters. The van der Waals surface area contributed by atoms with Gasteiger partial charge in [-0.1, -0.05) is 12.2 Å². The highest BCUT2D eigenvalue weighted by atomic mass is 19.4. The predicted molar refractivity (Wildman–Crippen MR) is 125 cm³/mol. The molecule has 0 aromatic carbocycles. The predicted octanol–water partition coefficient (Wildman–Crippen LogP) is 5.24. The number of halogens is 4. The van der Waals surface area contributed by atoms with Crippen LogP contribution in [0.2, 0.25) is 0 Å². The molecule has 2 aliphatic rings. The highest BCUT2D eigenvalue weighted by Gasteiger charge is 2.36. The Labute approximate surface area is 195 Å². The van der Waals surface area contributed by atoms with E-state index in [1.54, 1.807) is 31.0 Å². The molecule has 1 aliphatic heterocycles. The van der Waals surface area contributed by atoms with Gasteiger partial charge < -0.3 is 15.1 Å². The summed E-state index contributed by atoms with van der Waals surface area (Å²) in [7, 11) is 1.72. The van der Waals surface area contributed by atoms with Crippen LogP contribution in [0.4, 0.5) is 35.1 Å². The fourth-order valence-electron chi connectivity index (χ4n) is 4.09. The van der Waals surface area contributed by atoms with Crippen molar-refractivity contribution in [2.24, 2.45) is 0 Å². The minimum absolute atomic E-state index is 0.0455. The summed E-state index contributed by atoms with van der Waals surface area (Å²) in [5.74, 6) is 0.771. The summed E-state index contributed by atoms with van der Waals surface area (Å²) in [6.45, 7) is 3.62. The number of aromatic nitrogens is 3. The van der Waals surface area contributed by atoms with Gasteiger partial charge in [-0.05, 0) is 49.1 Å². The first-order chi connectivity index (χ1) is 16.3. The van der Waals surface area contributed by atoms with Crippen LogP contribution in [0.15, 0.2) is 54.0 Å². The van der Waals surface area contributed by atoms with Crippen molar-refractivity contribution in [2.75, 3.05) is 48.3 Å². The van der Waals surface area contributed by atoms with Gasteiger partial charge in [-0.3, -0.25) is 0 Å². The third-order valence-electron chi connectivity index (χ3n) is 5.85. The van der Waals surface area contributed by atoms with Gasteiger partial charge >= 0.3 is 6.18 Å². The third-order valence-corrected chi connectivity index (χ3v) is 5.85. The zero-order valence-corrected chi connectivity index (χ0v) is 19.0. The SMILES string of the molecule is CNc1nc(C2=CC(C)=C(F)C=CC2)cc(N2CCCN(c3ncccc3C(F)(F)F)CC2)n1. The molecule has 1 N–H and O–H groups in total. The molecule has 4 rings (SSSR count). The Kier molecular flexibility index (Phi) is 6.85. The molecular weight excluding hydrogens is 448 g/mol. The molecule has 1 fully saturated rings.